The second kappa shape index (κ2) is 5.94. The summed E-state index contributed by atoms with van der Waals surface area (Å²) in [5, 5.41) is 3.41. The van der Waals surface area contributed by atoms with Crippen LogP contribution in [0.1, 0.15) is 50.0 Å². The minimum absolute atomic E-state index is 0.495. The van der Waals surface area contributed by atoms with Gasteiger partial charge in [-0.15, -0.1) is 0 Å². The van der Waals surface area contributed by atoms with Gasteiger partial charge < -0.3 is 5.32 Å². The molecular weight excluding hydrogens is 198 g/mol. The zero-order valence-electron chi connectivity index (χ0n) is 11.1. The molecule has 0 radical (unpaired) electrons. The standard InChI is InChI=1S/C13H23N3/c1-6-7-13-15-10(4)12(11(5)16-13)8-14-9(2)3/h9,14H,6-8H2,1-5H3. The first-order valence-electron chi connectivity index (χ1n) is 6.11. The van der Waals surface area contributed by atoms with E-state index in [0.717, 1.165) is 36.6 Å². The highest BCUT2D eigenvalue weighted by Gasteiger charge is 2.08. The van der Waals surface area contributed by atoms with E-state index in [1.165, 1.54) is 5.56 Å². The van der Waals surface area contributed by atoms with E-state index in [2.05, 4.69) is 49.9 Å². The number of aromatic nitrogens is 2. The molecule has 0 unspecified atom stereocenters. The van der Waals surface area contributed by atoms with E-state index < -0.39 is 0 Å². The van der Waals surface area contributed by atoms with Crippen molar-refractivity contribution in [1.82, 2.24) is 15.3 Å². The van der Waals surface area contributed by atoms with Gasteiger partial charge in [0.1, 0.15) is 5.82 Å². The fourth-order valence-electron chi connectivity index (χ4n) is 1.71. The molecule has 0 saturated heterocycles. The Hall–Kier alpha value is -0.960. The lowest BCUT2D eigenvalue weighted by atomic mass is 10.1. The number of aryl methyl sites for hydroxylation is 3. The van der Waals surface area contributed by atoms with Crippen molar-refractivity contribution in [2.24, 2.45) is 0 Å². The topological polar surface area (TPSA) is 37.8 Å². The normalized spacial score (nSPS) is 11.1. The van der Waals surface area contributed by atoms with Gasteiger partial charge in [0.15, 0.2) is 0 Å². The molecule has 0 aromatic carbocycles. The minimum Gasteiger partial charge on any atom is -0.310 e. The zero-order chi connectivity index (χ0) is 12.1. The third-order valence-electron chi connectivity index (χ3n) is 2.63. The Morgan fingerprint density at radius 2 is 1.69 bits per heavy atom. The SMILES string of the molecule is CCCc1nc(C)c(CNC(C)C)c(C)n1. The molecule has 0 aliphatic rings. The van der Waals surface area contributed by atoms with Gasteiger partial charge in [-0.1, -0.05) is 20.8 Å². The molecule has 16 heavy (non-hydrogen) atoms. The number of rotatable bonds is 5. The predicted octanol–water partition coefficient (Wildman–Crippen LogP) is 2.54. The van der Waals surface area contributed by atoms with E-state index in [1.54, 1.807) is 0 Å². The van der Waals surface area contributed by atoms with Gasteiger partial charge in [0.25, 0.3) is 0 Å². The van der Waals surface area contributed by atoms with E-state index in [4.69, 9.17) is 0 Å². The maximum absolute atomic E-state index is 4.55. The third-order valence-corrected chi connectivity index (χ3v) is 2.63. The largest absolute Gasteiger partial charge is 0.310 e. The summed E-state index contributed by atoms with van der Waals surface area (Å²) < 4.78 is 0. The Labute approximate surface area is 98.7 Å². The van der Waals surface area contributed by atoms with Crippen LogP contribution in [-0.4, -0.2) is 16.0 Å². The molecule has 3 heteroatoms. The van der Waals surface area contributed by atoms with E-state index in [0.29, 0.717) is 6.04 Å². The van der Waals surface area contributed by atoms with Crippen LogP contribution in [0.5, 0.6) is 0 Å². The molecule has 0 aliphatic heterocycles. The summed E-state index contributed by atoms with van der Waals surface area (Å²) in [7, 11) is 0. The van der Waals surface area contributed by atoms with Crippen LogP contribution < -0.4 is 5.32 Å². The summed E-state index contributed by atoms with van der Waals surface area (Å²) in [5.74, 6) is 0.978. The summed E-state index contributed by atoms with van der Waals surface area (Å²) in [4.78, 5) is 9.10. The number of hydrogen-bond donors (Lipinski definition) is 1. The number of nitrogens with zero attached hydrogens (tertiary/aromatic N) is 2. The van der Waals surface area contributed by atoms with Crippen LogP contribution in [0.4, 0.5) is 0 Å². The van der Waals surface area contributed by atoms with E-state index in [-0.39, 0.29) is 0 Å². The fourth-order valence-corrected chi connectivity index (χ4v) is 1.71. The van der Waals surface area contributed by atoms with Gasteiger partial charge in [-0.2, -0.15) is 0 Å². The predicted molar refractivity (Wildman–Crippen MR) is 67.5 cm³/mol. The Morgan fingerprint density at radius 1 is 1.12 bits per heavy atom. The second-order valence-corrected chi connectivity index (χ2v) is 4.57. The lowest BCUT2D eigenvalue weighted by Crippen LogP contribution is -2.23. The van der Waals surface area contributed by atoms with Gasteiger partial charge >= 0.3 is 0 Å². The first-order valence-corrected chi connectivity index (χ1v) is 6.11. The average molecular weight is 221 g/mol. The van der Waals surface area contributed by atoms with Crippen LogP contribution in [-0.2, 0) is 13.0 Å². The lowest BCUT2D eigenvalue weighted by Gasteiger charge is -2.13. The van der Waals surface area contributed by atoms with E-state index in [1.807, 2.05) is 0 Å². The monoisotopic (exact) mass is 221 g/mol. The van der Waals surface area contributed by atoms with Crippen LogP contribution in [0.15, 0.2) is 0 Å². The Balaban J connectivity index is 2.85. The van der Waals surface area contributed by atoms with Crippen molar-refractivity contribution in [2.75, 3.05) is 0 Å². The van der Waals surface area contributed by atoms with E-state index in [9.17, 15) is 0 Å². The molecule has 0 fully saturated rings. The zero-order valence-corrected chi connectivity index (χ0v) is 11.1. The number of hydrogen-bond acceptors (Lipinski definition) is 3. The summed E-state index contributed by atoms with van der Waals surface area (Å²) in [6, 6.07) is 0.495. The molecule has 1 aromatic rings. The Kier molecular flexibility index (Phi) is 4.87. The maximum Gasteiger partial charge on any atom is 0.128 e. The van der Waals surface area contributed by atoms with Gasteiger partial charge in [-0.25, -0.2) is 9.97 Å². The molecule has 1 heterocycles. The highest BCUT2D eigenvalue weighted by Crippen LogP contribution is 2.11. The molecule has 0 amide bonds. The Bertz CT molecular complexity index is 322. The van der Waals surface area contributed by atoms with Crippen molar-refractivity contribution in [3.8, 4) is 0 Å². The maximum atomic E-state index is 4.55. The molecule has 0 bridgehead atoms. The number of nitrogens with one attached hydrogen (secondary N) is 1. The van der Waals surface area contributed by atoms with E-state index >= 15 is 0 Å². The van der Waals surface area contributed by atoms with Crippen LogP contribution in [0.2, 0.25) is 0 Å². The second-order valence-electron chi connectivity index (χ2n) is 4.57. The van der Waals surface area contributed by atoms with Crippen molar-refractivity contribution in [1.29, 1.82) is 0 Å². The molecule has 0 aliphatic carbocycles. The first-order chi connectivity index (χ1) is 7.54. The summed E-state index contributed by atoms with van der Waals surface area (Å²) in [6.07, 6.45) is 2.07. The molecule has 0 atom stereocenters. The molecule has 1 rings (SSSR count). The van der Waals surface area contributed by atoms with Gasteiger partial charge in [0.2, 0.25) is 0 Å². The molecule has 1 aromatic heterocycles. The van der Waals surface area contributed by atoms with Gasteiger partial charge in [-0.05, 0) is 20.3 Å². The van der Waals surface area contributed by atoms with Crippen molar-refractivity contribution in [3.63, 3.8) is 0 Å². The molecule has 0 spiro atoms. The summed E-state index contributed by atoms with van der Waals surface area (Å²) in [5.41, 5.74) is 3.47. The van der Waals surface area contributed by atoms with Gasteiger partial charge in [0, 0.05) is 36.0 Å². The first kappa shape index (κ1) is 13.1. The molecule has 1 N–H and O–H groups in total. The van der Waals surface area contributed by atoms with Crippen LogP contribution in [0, 0.1) is 13.8 Å². The highest BCUT2D eigenvalue weighted by molar-refractivity contribution is 5.24. The quantitative estimate of drug-likeness (QED) is 0.830. The van der Waals surface area contributed by atoms with Gasteiger partial charge in [-0.3, -0.25) is 0 Å². The molecule has 3 nitrogen and oxygen atoms in total. The van der Waals surface area contributed by atoms with Crippen LogP contribution in [0.25, 0.3) is 0 Å². The lowest BCUT2D eigenvalue weighted by molar-refractivity contribution is 0.581. The molecule has 90 valence electrons. The fraction of sp³-hybridized carbons (Fsp3) is 0.692. The molecular formula is C13H23N3. The minimum atomic E-state index is 0.495. The van der Waals surface area contributed by atoms with Gasteiger partial charge in [0.05, 0.1) is 0 Å². The molecule has 0 saturated carbocycles. The van der Waals surface area contributed by atoms with Crippen molar-refractivity contribution >= 4 is 0 Å². The van der Waals surface area contributed by atoms with Crippen molar-refractivity contribution in [2.45, 2.75) is 60.0 Å². The highest BCUT2D eigenvalue weighted by atomic mass is 14.9. The smallest absolute Gasteiger partial charge is 0.128 e. The third kappa shape index (κ3) is 3.56. The summed E-state index contributed by atoms with van der Waals surface area (Å²) in [6.45, 7) is 11.5. The summed E-state index contributed by atoms with van der Waals surface area (Å²) >= 11 is 0. The van der Waals surface area contributed by atoms with Crippen LogP contribution >= 0.6 is 0 Å². The average Bonchev–Trinajstić information content (AvgIpc) is 2.16. The van der Waals surface area contributed by atoms with Crippen molar-refractivity contribution < 1.29 is 0 Å². The van der Waals surface area contributed by atoms with Crippen LogP contribution in [0.3, 0.4) is 0 Å². The van der Waals surface area contributed by atoms with Crippen molar-refractivity contribution in [3.05, 3.63) is 22.8 Å². The Morgan fingerprint density at radius 3 is 2.12 bits per heavy atom.